The van der Waals surface area contributed by atoms with Crippen LogP contribution in [0.4, 0.5) is 0 Å². The number of hydrogen-bond donors (Lipinski definition) is 0. The summed E-state index contributed by atoms with van der Waals surface area (Å²) >= 11 is 1.69. The van der Waals surface area contributed by atoms with Crippen molar-refractivity contribution < 1.29 is 4.79 Å². The van der Waals surface area contributed by atoms with Crippen LogP contribution in [-0.4, -0.2) is 33.4 Å². The summed E-state index contributed by atoms with van der Waals surface area (Å²) in [6, 6.07) is 7.71. The third-order valence-electron chi connectivity index (χ3n) is 6.36. The molecule has 1 amide bonds. The van der Waals surface area contributed by atoms with Crippen molar-refractivity contribution in [3.8, 4) is 0 Å². The second-order valence-corrected chi connectivity index (χ2v) is 9.56. The monoisotopic (exact) mass is 421 g/mol. The van der Waals surface area contributed by atoms with Crippen molar-refractivity contribution in [1.29, 1.82) is 0 Å². The van der Waals surface area contributed by atoms with Gasteiger partial charge in [0, 0.05) is 23.5 Å². The molecule has 0 saturated carbocycles. The van der Waals surface area contributed by atoms with E-state index in [4.69, 9.17) is 0 Å². The number of aryl methyl sites for hydroxylation is 2. The topological polar surface area (TPSA) is 55.2 Å². The zero-order valence-electron chi connectivity index (χ0n) is 17.2. The lowest BCUT2D eigenvalue weighted by molar-refractivity contribution is 0.0724. The molecule has 6 heteroatoms. The van der Waals surface area contributed by atoms with Crippen molar-refractivity contribution in [2.24, 2.45) is 0 Å². The van der Waals surface area contributed by atoms with Gasteiger partial charge < -0.3 is 4.90 Å². The minimum absolute atomic E-state index is 0.0483. The van der Waals surface area contributed by atoms with Gasteiger partial charge in [-0.3, -0.25) is 14.2 Å². The molecule has 1 saturated heterocycles. The molecule has 0 spiro atoms. The third kappa shape index (κ3) is 3.69. The Morgan fingerprint density at radius 3 is 2.70 bits per heavy atom. The van der Waals surface area contributed by atoms with Crippen LogP contribution in [0.25, 0.3) is 10.2 Å². The molecule has 0 atom stereocenters. The molecule has 5 nitrogen and oxygen atoms in total. The van der Waals surface area contributed by atoms with Crippen LogP contribution in [0.15, 0.2) is 35.4 Å². The van der Waals surface area contributed by atoms with Gasteiger partial charge in [0.25, 0.3) is 11.5 Å². The van der Waals surface area contributed by atoms with Crippen LogP contribution in [0.5, 0.6) is 0 Å². The Hall–Kier alpha value is -2.47. The van der Waals surface area contributed by atoms with Crippen LogP contribution >= 0.6 is 11.3 Å². The third-order valence-corrected chi connectivity index (χ3v) is 7.56. The van der Waals surface area contributed by atoms with E-state index in [1.807, 2.05) is 29.2 Å². The first-order chi connectivity index (χ1) is 14.7. The van der Waals surface area contributed by atoms with E-state index in [1.165, 1.54) is 29.7 Å². The Labute approximate surface area is 180 Å². The first-order valence-corrected chi connectivity index (χ1v) is 11.9. The second-order valence-electron chi connectivity index (χ2n) is 8.48. The second kappa shape index (κ2) is 8.34. The van der Waals surface area contributed by atoms with E-state index in [9.17, 15) is 9.59 Å². The van der Waals surface area contributed by atoms with Crippen LogP contribution in [0, 0.1) is 0 Å². The molecule has 1 aliphatic carbocycles. The molecule has 3 aromatic rings. The summed E-state index contributed by atoms with van der Waals surface area (Å²) in [7, 11) is 0. The van der Waals surface area contributed by atoms with Crippen molar-refractivity contribution in [1.82, 2.24) is 14.5 Å². The number of benzene rings is 1. The van der Waals surface area contributed by atoms with Crippen molar-refractivity contribution in [2.75, 3.05) is 13.1 Å². The number of likely N-dealkylation sites (tertiary alicyclic amines) is 1. The molecule has 2 aromatic heterocycles. The summed E-state index contributed by atoms with van der Waals surface area (Å²) in [4.78, 5) is 34.9. The molecule has 1 aromatic carbocycles. The van der Waals surface area contributed by atoms with E-state index in [-0.39, 0.29) is 11.5 Å². The molecule has 0 N–H and O–H groups in total. The van der Waals surface area contributed by atoms with Gasteiger partial charge in [-0.25, -0.2) is 4.98 Å². The van der Waals surface area contributed by atoms with Gasteiger partial charge in [0.15, 0.2) is 0 Å². The zero-order chi connectivity index (χ0) is 20.5. The first-order valence-electron chi connectivity index (χ1n) is 11.1. The first kappa shape index (κ1) is 19.5. The highest BCUT2D eigenvalue weighted by Crippen LogP contribution is 2.32. The largest absolute Gasteiger partial charge is 0.339 e. The summed E-state index contributed by atoms with van der Waals surface area (Å²) < 4.78 is 1.70. The van der Waals surface area contributed by atoms with Crippen molar-refractivity contribution in [2.45, 2.75) is 57.9 Å². The van der Waals surface area contributed by atoms with Crippen LogP contribution < -0.4 is 5.56 Å². The van der Waals surface area contributed by atoms with Gasteiger partial charge in [-0.1, -0.05) is 18.6 Å². The lowest BCUT2D eigenvalue weighted by Gasteiger charge is -2.26. The molecule has 0 unspecified atom stereocenters. The number of piperidine rings is 1. The van der Waals surface area contributed by atoms with Crippen LogP contribution in [0.1, 0.15) is 64.9 Å². The highest BCUT2D eigenvalue weighted by Gasteiger charge is 2.20. The fourth-order valence-corrected chi connectivity index (χ4v) is 5.97. The predicted octanol–water partition coefficient (Wildman–Crippen LogP) is 4.40. The number of rotatable bonds is 3. The van der Waals surface area contributed by atoms with E-state index in [0.717, 1.165) is 61.0 Å². The summed E-state index contributed by atoms with van der Waals surface area (Å²) in [5, 5.41) is 0.819. The number of aromatic nitrogens is 2. The number of amides is 1. The van der Waals surface area contributed by atoms with Gasteiger partial charge in [-0.15, -0.1) is 11.3 Å². The van der Waals surface area contributed by atoms with E-state index in [2.05, 4.69) is 4.98 Å². The summed E-state index contributed by atoms with van der Waals surface area (Å²) in [6.07, 6.45) is 10.7. The molecule has 5 rings (SSSR count). The number of hydrogen-bond acceptors (Lipinski definition) is 4. The standard InChI is InChI=1S/C24H27N3O2S/c28-23(26-12-5-2-6-13-26)18-9-7-8-17(14-18)15-27-16-25-22-21(24(27)29)19-10-3-1-4-11-20(19)30-22/h7-9,14,16H,1-6,10-13,15H2. The lowest BCUT2D eigenvalue weighted by Crippen LogP contribution is -2.35. The fraction of sp³-hybridized carbons (Fsp3) is 0.458. The maximum atomic E-state index is 13.3. The Morgan fingerprint density at radius 2 is 1.83 bits per heavy atom. The maximum absolute atomic E-state index is 13.3. The summed E-state index contributed by atoms with van der Waals surface area (Å²) in [5.74, 6) is 0.0978. The molecule has 3 heterocycles. The van der Waals surface area contributed by atoms with Gasteiger partial charge >= 0.3 is 0 Å². The Kier molecular flexibility index (Phi) is 5.42. The van der Waals surface area contributed by atoms with E-state index in [0.29, 0.717) is 12.1 Å². The zero-order valence-corrected chi connectivity index (χ0v) is 18.0. The Balaban J connectivity index is 1.44. The lowest BCUT2D eigenvalue weighted by atomic mass is 10.1. The highest BCUT2D eigenvalue weighted by atomic mass is 32.1. The molecule has 30 heavy (non-hydrogen) atoms. The number of fused-ring (bicyclic) bond motifs is 3. The SMILES string of the molecule is O=C(c1cccc(Cn2cnc3sc4c(c3c2=O)CCCCC4)c1)N1CCCCC1. The normalized spacial score (nSPS) is 17.0. The van der Waals surface area contributed by atoms with Crippen LogP contribution in [0.2, 0.25) is 0 Å². The minimum atomic E-state index is 0.0483. The van der Waals surface area contributed by atoms with Crippen LogP contribution in [-0.2, 0) is 19.4 Å². The average Bonchev–Trinajstić information content (AvgIpc) is 2.98. The highest BCUT2D eigenvalue weighted by molar-refractivity contribution is 7.18. The smallest absolute Gasteiger partial charge is 0.262 e. The molecule has 0 bridgehead atoms. The van der Waals surface area contributed by atoms with Gasteiger partial charge in [0.1, 0.15) is 4.83 Å². The molecule has 1 aliphatic heterocycles. The molecular formula is C24H27N3O2S. The molecule has 156 valence electrons. The van der Waals surface area contributed by atoms with E-state index >= 15 is 0 Å². The minimum Gasteiger partial charge on any atom is -0.339 e. The number of carbonyl (C=O) groups excluding carboxylic acids is 1. The molecule has 0 radical (unpaired) electrons. The van der Waals surface area contributed by atoms with Crippen molar-refractivity contribution >= 4 is 27.5 Å². The predicted molar refractivity (Wildman–Crippen MR) is 120 cm³/mol. The quantitative estimate of drug-likeness (QED) is 0.589. The Bertz CT molecular complexity index is 1140. The number of nitrogens with zero attached hydrogens (tertiary/aromatic N) is 3. The summed E-state index contributed by atoms with van der Waals surface area (Å²) in [5.41, 5.74) is 2.95. The average molecular weight is 422 g/mol. The Morgan fingerprint density at radius 1 is 1.03 bits per heavy atom. The van der Waals surface area contributed by atoms with Gasteiger partial charge in [0.2, 0.25) is 0 Å². The van der Waals surface area contributed by atoms with E-state index in [1.54, 1.807) is 22.2 Å². The molecule has 2 aliphatic rings. The van der Waals surface area contributed by atoms with Crippen molar-refractivity contribution in [3.05, 3.63) is 62.5 Å². The number of thiophene rings is 1. The fourth-order valence-electron chi connectivity index (χ4n) is 4.75. The van der Waals surface area contributed by atoms with Gasteiger partial charge in [-0.2, -0.15) is 0 Å². The molecule has 1 fully saturated rings. The van der Waals surface area contributed by atoms with Gasteiger partial charge in [-0.05, 0) is 68.2 Å². The van der Waals surface area contributed by atoms with Gasteiger partial charge in [0.05, 0.1) is 18.3 Å². The summed E-state index contributed by atoms with van der Waals surface area (Å²) in [6.45, 7) is 2.12. The van der Waals surface area contributed by atoms with Crippen LogP contribution in [0.3, 0.4) is 0 Å². The molecular weight excluding hydrogens is 394 g/mol. The maximum Gasteiger partial charge on any atom is 0.262 e. The van der Waals surface area contributed by atoms with Crippen molar-refractivity contribution in [3.63, 3.8) is 0 Å². The van der Waals surface area contributed by atoms with E-state index < -0.39 is 0 Å². The number of carbonyl (C=O) groups is 1.